The van der Waals surface area contributed by atoms with E-state index in [0.717, 1.165) is 60.0 Å². The molecule has 3 aromatic heterocycles. The van der Waals surface area contributed by atoms with Crippen molar-refractivity contribution in [3.05, 3.63) is 63.4 Å². The van der Waals surface area contributed by atoms with Gasteiger partial charge < -0.3 is 14.8 Å². The fraction of sp³-hybridized carbons (Fsp3) is 0.462. The van der Waals surface area contributed by atoms with E-state index in [4.69, 9.17) is 19.4 Å². The summed E-state index contributed by atoms with van der Waals surface area (Å²) in [7, 11) is 1.59. The molecule has 7 nitrogen and oxygen atoms in total. The lowest BCUT2D eigenvalue weighted by Crippen LogP contribution is -2.14. The quantitative estimate of drug-likeness (QED) is 0.351. The van der Waals surface area contributed by atoms with Crippen molar-refractivity contribution >= 4 is 35.5 Å². The number of carbonyl (C=O) groups is 1. The summed E-state index contributed by atoms with van der Waals surface area (Å²) >= 11 is 1.68. The van der Waals surface area contributed by atoms with Crippen molar-refractivity contribution in [3.63, 3.8) is 0 Å². The van der Waals surface area contributed by atoms with Crippen molar-refractivity contribution in [3.8, 4) is 5.88 Å². The third-order valence-electron chi connectivity index (χ3n) is 5.99. The number of rotatable bonds is 11. The molecule has 1 N–H and O–H groups in total. The van der Waals surface area contributed by atoms with Crippen LogP contribution in [0.3, 0.4) is 0 Å². The first-order chi connectivity index (χ1) is 16.6. The van der Waals surface area contributed by atoms with Crippen molar-refractivity contribution < 1.29 is 14.3 Å². The highest BCUT2D eigenvalue weighted by molar-refractivity contribution is 7.09. The molecule has 0 aliphatic carbocycles. The molecule has 4 heterocycles. The van der Waals surface area contributed by atoms with Gasteiger partial charge >= 0.3 is 5.97 Å². The van der Waals surface area contributed by atoms with Crippen LogP contribution in [0.2, 0.25) is 0 Å². The molecule has 0 fully saturated rings. The second-order valence-electron chi connectivity index (χ2n) is 8.47. The number of hydrogen-bond acceptors (Lipinski definition) is 8. The molecule has 35 heavy (non-hydrogen) atoms. The molecule has 4 rings (SSSR count). The number of anilines is 1. The zero-order valence-electron chi connectivity index (χ0n) is 20.3. The average molecular weight is 517 g/mol. The van der Waals surface area contributed by atoms with Crippen LogP contribution in [0.25, 0.3) is 0 Å². The molecular formula is C26H33ClN4O3S. The summed E-state index contributed by atoms with van der Waals surface area (Å²) in [5.74, 6) is 1.37. The van der Waals surface area contributed by atoms with Crippen molar-refractivity contribution in [2.45, 2.75) is 57.8 Å². The number of nitrogens with zero attached hydrogens (tertiary/aromatic N) is 3. The van der Waals surface area contributed by atoms with Gasteiger partial charge in [0, 0.05) is 35.8 Å². The highest BCUT2D eigenvalue weighted by Crippen LogP contribution is 2.27. The van der Waals surface area contributed by atoms with Crippen molar-refractivity contribution in [1.82, 2.24) is 15.0 Å². The van der Waals surface area contributed by atoms with E-state index in [1.54, 1.807) is 24.6 Å². The van der Waals surface area contributed by atoms with Gasteiger partial charge in [0.15, 0.2) is 0 Å². The number of esters is 1. The van der Waals surface area contributed by atoms with Gasteiger partial charge in [-0.15, -0.1) is 23.7 Å². The first kappa shape index (κ1) is 26.9. The molecule has 0 saturated carbocycles. The zero-order chi connectivity index (χ0) is 23.8. The molecule has 0 saturated heterocycles. The molecule has 0 amide bonds. The van der Waals surface area contributed by atoms with Crippen LogP contribution in [-0.2, 0) is 35.2 Å². The summed E-state index contributed by atoms with van der Waals surface area (Å²) in [5, 5.41) is 6.63. The third-order valence-corrected chi connectivity index (χ3v) is 6.95. The minimum atomic E-state index is -0.203. The number of aryl methyl sites for hydroxylation is 3. The van der Waals surface area contributed by atoms with Gasteiger partial charge in [0.05, 0.1) is 30.8 Å². The van der Waals surface area contributed by atoms with Crippen LogP contribution in [0, 0.1) is 0 Å². The van der Waals surface area contributed by atoms with E-state index in [2.05, 4.69) is 27.8 Å². The first-order valence-electron chi connectivity index (χ1n) is 12.0. The lowest BCUT2D eigenvalue weighted by Gasteiger charge is -2.17. The second-order valence-corrected chi connectivity index (χ2v) is 9.41. The molecule has 1 atom stereocenters. The number of thiazole rings is 1. The molecule has 9 heteroatoms. The summed E-state index contributed by atoms with van der Waals surface area (Å²) in [5.41, 5.74) is 4.44. The standard InChI is InChI=1S/C26H32N4O3S.ClH/c1-3-33-25(31)15-20(19-10-12-23(32-2)28-16-19)14-22-17-34-24(29-22)8-4-7-21-11-9-18-6-5-13-27-26(18)30-21;/h9-12,16-17,20H,3-8,13-15H2,1-2H3,(H,27,30);1H. The number of ether oxygens (including phenoxy) is 2. The maximum Gasteiger partial charge on any atom is 0.306 e. The summed E-state index contributed by atoms with van der Waals surface area (Å²) in [4.78, 5) is 26.2. The van der Waals surface area contributed by atoms with Crippen molar-refractivity contribution in [2.24, 2.45) is 0 Å². The Morgan fingerprint density at radius 2 is 2.06 bits per heavy atom. The number of carbonyl (C=O) groups excluding carboxylic acids is 1. The molecule has 188 valence electrons. The Morgan fingerprint density at radius 3 is 2.83 bits per heavy atom. The summed E-state index contributed by atoms with van der Waals surface area (Å²) in [6, 6.07) is 8.15. The maximum atomic E-state index is 12.2. The first-order valence-corrected chi connectivity index (χ1v) is 12.8. The summed E-state index contributed by atoms with van der Waals surface area (Å²) in [6.45, 7) is 3.21. The van der Waals surface area contributed by atoms with Gasteiger partial charge in [0.1, 0.15) is 5.82 Å². The molecule has 1 aliphatic heterocycles. The van der Waals surface area contributed by atoms with Gasteiger partial charge in [-0.05, 0) is 62.6 Å². The van der Waals surface area contributed by atoms with E-state index in [1.165, 1.54) is 12.0 Å². The van der Waals surface area contributed by atoms with Crippen LogP contribution in [0.1, 0.15) is 59.6 Å². The monoisotopic (exact) mass is 516 g/mol. The SMILES string of the molecule is CCOC(=O)CC(Cc1csc(CCCc2ccc3c(n2)NCCC3)n1)c1ccc(OC)nc1.Cl. The minimum absolute atomic E-state index is 0. The Kier molecular flexibility index (Phi) is 10.3. The molecule has 0 radical (unpaired) electrons. The molecule has 0 bridgehead atoms. The summed E-state index contributed by atoms with van der Waals surface area (Å²) in [6.07, 6.45) is 7.89. The van der Waals surface area contributed by atoms with Crippen LogP contribution in [0.15, 0.2) is 35.8 Å². The van der Waals surface area contributed by atoms with Crippen LogP contribution in [-0.4, -0.2) is 41.2 Å². The van der Waals surface area contributed by atoms with Crippen LogP contribution >= 0.6 is 23.7 Å². The maximum absolute atomic E-state index is 12.2. The highest BCUT2D eigenvalue weighted by Gasteiger charge is 2.20. The van der Waals surface area contributed by atoms with E-state index in [9.17, 15) is 4.79 Å². The predicted octanol–water partition coefficient (Wildman–Crippen LogP) is 5.18. The van der Waals surface area contributed by atoms with Crippen molar-refractivity contribution in [2.75, 3.05) is 25.6 Å². The number of hydrogen-bond donors (Lipinski definition) is 1. The molecule has 0 spiro atoms. The molecule has 3 aromatic rings. The van der Waals surface area contributed by atoms with Crippen LogP contribution in [0.4, 0.5) is 5.82 Å². The Labute approximate surface area is 217 Å². The second kappa shape index (κ2) is 13.4. The zero-order valence-corrected chi connectivity index (χ0v) is 21.9. The van der Waals surface area contributed by atoms with Crippen molar-refractivity contribution in [1.29, 1.82) is 0 Å². The van der Waals surface area contributed by atoms with E-state index in [-0.39, 0.29) is 24.3 Å². The molecule has 1 unspecified atom stereocenters. The molecule has 0 aromatic carbocycles. The Hall–Kier alpha value is -2.71. The Balaban J connectivity index is 0.00000342. The van der Waals surface area contributed by atoms with Gasteiger partial charge in [-0.2, -0.15) is 0 Å². The van der Waals surface area contributed by atoms with E-state index >= 15 is 0 Å². The smallest absolute Gasteiger partial charge is 0.306 e. The number of nitrogens with one attached hydrogen (secondary N) is 1. The van der Waals surface area contributed by atoms with Gasteiger partial charge in [0.2, 0.25) is 5.88 Å². The van der Waals surface area contributed by atoms with E-state index in [1.807, 2.05) is 19.1 Å². The summed E-state index contributed by atoms with van der Waals surface area (Å²) < 4.78 is 10.4. The Bertz CT molecular complexity index is 1090. The number of pyridine rings is 2. The highest BCUT2D eigenvalue weighted by atomic mass is 35.5. The van der Waals surface area contributed by atoms with Gasteiger partial charge in [0.25, 0.3) is 0 Å². The fourth-order valence-electron chi connectivity index (χ4n) is 4.22. The topological polar surface area (TPSA) is 86.2 Å². The van der Waals surface area contributed by atoms with Gasteiger partial charge in [-0.3, -0.25) is 4.79 Å². The third kappa shape index (κ3) is 7.64. The fourth-order valence-corrected chi connectivity index (χ4v) is 5.07. The van der Waals surface area contributed by atoms with E-state index < -0.39 is 0 Å². The van der Waals surface area contributed by atoms with E-state index in [0.29, 0.717) is 25.3 Å². The number of methoxy groups -OCH3 is 1. The normalized spacial score (nSPS) is 13.2. The largest absolute Gasteiger partial charge is 0.481 e. The Morgan fingerprint density at radius 1 is 1.17 bits per heavy atom. The molecule has 1 aliphatic rings. The molecular weight excluding hydrogens is 484 g/mol. The van der Waals surface area contributed by atoms with Crippen LogP contribution in [0.5, 0.6) is 5.88 Å². The number of halogens is 1. The number of fused-ring (bicyclic) bond motifs is 1. The lowest BCUT2D eigenvalue weighted by atomic mass is 9.92. The van der Waals surface area contributed by atoms with Crippen LogP contribution < -0.4 is 10.1 Å². The number of aromatic nitrogens is 3. The minimum Gasteiger partial charge on any atom is -0.481 e. The average Bonchev–Trinajstić information content (AvgIpc) is 3.31. The van der Waals surface area contributed by atoms with Gasteiger partial charge in [-0.1, -0.05) is 12.1 Å². The predicted molar refractivity (Wildman–Crippen MR) is 141 cm³/mol. The lowest BCUT2D eigenvalue weighted by molar-refractivity contribution is -0.143. The van der Waals surface area contributed by atoms with Gasteiger partial charge in [-0.25, -0.2) is 15.0 Å².